The van der Waals surface area contributed by atoms with Crippen LogP contribution in [-0.4, -0.2) is 20.9 Å². The number of aromatic nitrogens is 2. The Bertz CT molecular complexity index is 1010. The van der Waals surface area contributed by atoms with E-state index in [0.29, 0.717) is 4.90 Å². The van der Waals surface area contributed by atoms with Gasteiger partial charge in [0.1, 0.15) is 0 Å². The second-order valence-electron chi connectivity index (χ2n) is 5.28. The number of Topliss-reactive ketones (excluding diaryl/α,β-unsaturated/α-hetero) is 1. The second-order valence-corrected chi connectivity index (χ2v) is 6.27. The van der Waals surface area contributed by atoms with Gasteiger partial charge in [-0.1, -0.05) is 12.1 Å². The second kappa shape index (κ2) is 7.96. The number of ketones is 1. The zero-order valence-corrected chi connectivity index (χ0v) is 14.7. The number of rotatable bonds is 7. The first-order valence-corrected chi connectivity index (χ1v) is 8.42. The van der Waals surface area contributed by atoms with Crippen LogP contribution in [-0.2, 0) is 6.61 Å². The van der Waals surface area contributed by atoms with E-state index in [1.54, 1.807) is 12.1 Å². The Morgan fingerprint density at radius 3 is 2.78 bits per heavy atom. The molecule has 27 heavy (non-hydrogen) atoms. The Morgan fingerprint density at radius 2 is 2.07 bits per heavy atom. The lowest BCUT2D eigenvalue weighted by molar-refractivity contribution is -0.384. The maximum Gasteiger partial charge on any atom is 0.281 e. The van der Waals surface area contributed by atoms with Crippen molar-refractivity contribution in [3.8, 4) is 5.75 Å². The number of hydrogen-bond acceptors (Lipinski definition) is 8. The van der Waals surface area contributed by atoms with Crippen molar-refractivity contribution >= 4 is 23.2 Å². The molecule has 3 aromatic rings. The number of non-ortho nitro benzene ring substituents is 1. The summed E-state index contributed by atoms with van der Waals surface area (Å²) in [5.74, 6) is -0.668. The maximum absolute atomic E-state index is 13.5. The topological polar surface area (TPSA) is 108 Å². The first kappa shape index (κ1) is 18.5. The number of nitro benzene ring substituents is 1. The minimum Gasteiger partial charge on any atom is -0.481 e. The Hall–Kier alpha value is -3.27. The summed E-state index contributed by atoms with van der Waals surface area (Å²) >= 11 is 0.995. The normalized spacial score (nSPS) is 10.6. The molecule has 8 nitrogen and oxygen atoms in total. The van der Waals surface area contributed by atoms with E-state index in [1.807, 2.05) is 0 Å². The van der Waals surface area contributed by atoms with Gasteiger partial charge in [-0.25, -0.2) is 4.39 Å². The van der Waals surface area contributed by atoms with Gasteiger partial charge in [0, 0.05) is 22.6 Å². The lowest BCUT2D eigenvalue weighted by atomic mass is 10.1. The van der Waals surface area contributed by atoms with E-state index in [-0.39, 0.29) is 40.5 Å². The summed E-state index contributed by atoms with van der Waals surface area (Å²) < 4.78 is 24.2. The van der Waals surface area contributed by atoms with Gasteiger partial charge in [-0.15, -0.1) is 10.2 Å². The largest absolute Gasteiger partial charge is 0.481 e. The van der Waals surface area contributed by atoms with E-state index in [9.17, 15) is 19.3 Å². The summed E-state index contributed by atoms with van der Waals surface area (Å²) in [6.45, 7) is 1.18. The fraction of sp³-hybridized carbons (Fsp3) is 0.118. The van der Waals surface area contributed by atoms with Crippen molar-refractivity contribution in [2.45, 2.75) is 23.6 Å². The molecule has 1 heterocycles. The lowest BCUT2D eigenvalue weighted by Gasteiger charge is -2.04. The quantitative estimate of drug-likeness (QED) is 0.338. The van der Waals surface area contributed by atoms with E-state index in [4.69, 9.17) is 9.15 Å². The summed E-state index contributed by atoms with van der Waals surface area (Å²) in [6, 6.07) is 9.83. The molecule has 0 radical (unpaired) electrons. The lowest BCUT2D eigenvalue weighted by Crippen LogP contribution is -1.98. The van der Waals surface area contributed by atoms with E-state index < -0.39 is 10.7 Å². The van der Waals surface area contributed by atoms with Gasteiger partial charge < -0.3 is 9.15 Å². The molecule has 0 aliphatic carbocycles. The zero-order valence-electron chi connectivity index (χ0n) is 13.9. The SMILES string of the molecule is CC(=O)c1cc([N+](=O)[O-])ccc1Sc1nnc(COc2ccccc2F)o1. The summed E-state index contributed by atoms with van der Waals surface area (Å²) in [5, 5.41) is 18.6. The molecule has 1 aromatic heterocycles. The minimum absolute atomic E-state index is 0.0548. The number of ether oxygens (including phenoxy) is 1. The van der Waals surface area contributed by atoms with Crippen molar-refractivity contribution in [1.29, 1.82) is 0 Å². The standard InChI is InChI=1S/C17H12FN3O5S/c1-10(22)12-8-11(21(23)24)6-7-15(12)27-17-20-19-16(26-17)9-25-14-5-3-2-4-13(14)18/h2-8H,9H2,1H3. The number of para-hydroxylation sites is 1. The predicted molar refractivity (Wildman–Crippen MR) is 92.3 cm³/mol. The number of benzene rings is 2. The molecular weight excluding hydrogens is 377 g/mol. The van der Waals surface area contributed by atoms with Crippen molar-refractivity contribution in [1.82, 2.24) is 10.2 Å². The van der Waals surface area contributed by atoms with Gasteiger partial charge in [0.15, 0.2) is 24.0 Å². The molecule has 3 rings (SSSR count). The Morgan fingerprint density at radius 1 is 1.30 bits per heavy atom. The van der Waals surface area contributed by atoms with Gasteiger partial charge in [0.2, 0.25) is 0 Å². The molecule has 0 bridgehead atoms. The average molecular weight is 389 g/mol. The molecule has 0 unspecified atom stereocenters. The van der Waals surface area contributed by atoms with Crippen molar-refractivity contribution in [3.63, 3.8) is 0 Å². The fourth-order valence-electron chi connectivity index (χ4n) is 2.13. The number of nitrogens with zero attached hydrogens (tertiary/aromatic N) is 3. The third-order valence-corrected chi connectivity index (χ3v) is 4.30. The van der Waals surface area contributed by atoms with Gasteiger partial charge in [-0.05, 0) is 36.9 Å². The van der Waals surface area contributed by atoms with Crippen LogP contribution in [0.15, 0.2) is 57.0 Å². The molecule has 0 saturated heterocycles. The van der Waals surface area contributed by atoms with Crippen LogP contribution in [0.4, 0.5) is 10.1 Å². The summed E-state index contributed by atoms with van der Waals surface area (Å²) in [5.41, 5.74) is -0.00869. The summed E-state index contributed by atoms with van der Waals surface area (Å²) in [7, 11) is 0. The van der Waals surface area contributed by atoms with Crippen LogP contribution in [0.25, 0.3) is 0 Å². The van der Waals surface area contributed by atoms with Crippen molar-refractivity contribution in [3.05, 3.63) is 69.9 Å². The van der Waals surface area contributed by atoms with Gasteiger partial charge in [-0.3, -0.25) is 14.9 Å². The van der Waals surface area contributed by atoms with E-state index in [2.05, 4.69) is 10.2 Å². The highest BCUT2D eigenvalue weighted by molar-refractivity contribution is 7.99. The fourth-order valence-corrected chi connectivity index (χ4v) is 2.99. The molecule has 10 heteroatoms. The molecule has 0 aliphatic heterocycles. The number of nitro groups is 1. The highest BCUT2D eigenvalue weighted by Crippen LogP contribution is 2.32. The van der Waals surface area contributed by atoms with E-state index >= 15 is 0 Å². The van der Waals surface area contributed by atoms with Crippen molar-refractivity contribution < 1.29 is 23.3 Å². The average Bonchev–Trinajstić information content (AvgIpc) is 3.08. The molecule has 138 valence electrons. The smallest absolute Gasteiger partial charge is 0.281 e. The molecule has 0 aliphatic rings. The van der Waals surface area contributed by atoms with Crippen LogP contribution >= 0.6 is 11.8 Å². The first-order chi connectivity index (χ1) is 12.9. The van der Waals surface area contributed by atoms with Gasteiger partial charge in [-0.2, -0.15) is 0 Å². The number of carbonyl (C=O) groups is 1. The Kier molecular flexibility index (Phi) is 5.46. The van der Waals surface area contributed by atoms with Gasteiger partial charge in [0.05, 0.1) is 4.92 Å². The molecule has 2 aromatic carbocycles. The molecule has 0 saturated carbocycles. The van der Waals surface area contributed by atoms with Crippen LogP contribution in [0, 0.1) is 15.9 Å². The number of hydrogen-bond donors (Lipinski definition) is 0. The molecule has 0 fully saturated rings. The highest BCUT2D eigenvalue weighted by Gasteiger charge is 2.17. The van der Waals surface area contributed by atoms with Crippen LogP contribution < -0.4 is 4.74 Å². The number of carbonyl (C=O) groups excluding carboxylic acids is 1. The Labute approximate surface area is 156 Å². The van der Waals surface area contributed by atoms with Crippen molar-refractivity contribution in [2.75, 3.05) is 0 Å². The predicted octanol–water partition coefficient (Wildman–Crippen LogP) is 4.05. The van der Waals surface area contributed by atoms with Crippen LogP contribution in [0.1, 0.15) is 23.2 Å². The summed E-state index contributed by atoms with van der Waals surface area (Å²) in [4.78, 5) is 22.5. The summed E-state index contributed by atoms with van der Waals surface area (Å²) in [6.07, 6.45) is 0. The molecule has 0 spiro atoms. The van der Waals surface area contributed by atoms with Crippen LogP contribution in [0.5, 0.6) is 5.75 Å². The molecule has 0 amide bonds. The zero-order chi connectivity index (χ0) is 19.4. The van der Waals surface area contributed by atoms with Crippen molar-refractivity contribution in [2.24, 2.45) is 0 Å². The Balaban J connectivity index is 1.73. The van der Waals surface area contributed by atoms with Gasteiger partial charge in [0.25, 0.3) is 16.8 Å². The van der Waals surface area contributed by atoms with Crippen LogP contribution in [0.3, 0.4) is 0 Å². The van der Waals surface area contributed by atoms with E-state index in [1.165, 1.54) is 37.3 Å². The maximum atomic E-state index is 13.5. The highest BCUT2D eigenvalue weighted by atomic mass is 32.2. The number of halogens is 1. The van der Waals surface area contributed by atoms with E-state index in [0.717, 1.165) is 11.8 Å². The molecule has 0 N–H and O–H groups in total. The molecule has 0 atom stereocenters. The first-order valence-electron chi connectivity index (χ1n) is 7.61. The molecular formula is C17H12FN3O5S. The third-order valence-electron chi connectivity index (χ3n) is 3.39. The minimum atomic E-state index is -0.578. The van der Waals surface area contributed by atoms with Crippen LogP contribution in [0.2, 0.25) is 0 Å². The monoisotopic (exact) mass is 389 g/mol. The van der Waals surface area contributed by atoms with Gasteiger partial charge >= 0.3 is 0 Å². The third kappa shape index (κ3) is 4.47.